The van der Waals surface area contributed by atoms with Gasteiger partial charge in [-0.3, -0.25) is 0 Å². The summed E-state index contributed by atoms with van der Waals surface area (Å²) in [4.78, 5) is 0. The molecule has 2 atom stereocenters. The standard InChI is InChI=1S/C13H16F2O/c1-7-4-11(15)8(5-10(7)14)9-6-12(16)13(9,2)3/h4-5,9,12,16H,6H2,1-3H3. The van der Waals surface area contributed by atoms with Crippen LogP contribution in [0.1, 0.15) is 37.3 Å². The van der Waals surface area contributed by atoms with Gasteiger partial charge in [0.15, 0.2) is 0 Å². The summed E-state index contributed by atoms with van der Waals surface area (Å²) in [7, 11) is 0. The lowest BCUT2D eigenvalue weighted by atomic mass is 9.57. The zero-order valence-electron chi connectivity index (χ0n) is 9.72. The molecule has 1 saturated carbocycles. The van der Waals surface area contributed by atoms with E-state index in [4.69, 9.17) is 0 Å². The van der Waals surface area contributed by atoms with Gasteiger partial charge < -0.3 is 5.11 Å². The van der Waals surface area contributed by atoms with E-state index >= 15 is 0 Å². The van der Waals surface area contributed by atoms with Crippen LogP contribution >= 0.6 is 0 Å². The first-order chi connectivity index (χ1) is 7.34. The van der Waals surface area contributed by atoms with Crippen LogP contribution in [0.5, 0.6) is 0 Å². The van der Waals surface area contributed by atoms with E-state index in [-0.39, 0.29) is 23.0 Å². The highest BCUT2D eigenvalue weighted by atomic mass is 19.1. The molecule has 16 heavy (non-hydrogen) atoms. The van der Waals surface area contributed by atoms with Crippen molar-refractivity contribution in [1.82, 2.24) is 0 Å². The van der Waals surface area contributed by atoms with Gasteiger partial charge in [0.05, 0.1) is 6.10 Å². The normalized spacial score (nSPS) is 27.6. The van der Waals surface area contributed by atoms with Gasteiger partial charge in [-0.25, -0.2) is 8.78 Å². The number of hydrogen-bond acceptors (Lipinski definition) is 1. The van der Waals surface area contributed by atoms with Crippen LogP contribution < -0.4 is 0 Å². The number of aliphatic hydroxyl groups is 1. The van der Waals surface area contributed by atoms with Gasteiger partial charge >= 0.3 is 0 Å². The summed E-state index contributed by atoms with van der Waals surface area (Å²) in [6.45, 7) is 5.30. The Kier molecular flexibility index (Phi) is 2.54. The molecule has 1 nitrogen and oxygen atoms in total. The monoisotopic (exact) mass is 226 g/mol. The predicted molar refractivity (Wildman–Crippen MR) is 58.2 cm³/mol. The predicted octanol–water partition coefficient (Wildman–Crippen LogP) is 3.15. The van der Waals surface area contributed by atoms with Crippen molar-refractivity contribution in [1.29, 1.82) is 0 Å². The number of benzene rings is 1. The second kappa shape index (κ2) is 3.52. The third kappa shape index (κ3) is 1.54. The SMILES string of the molecule is Cc1cc(F)c(C2CC(O)C2(C)C)cc1F. The average molecular weight is 226 g/mol. The summed E-state index contributed by atoms with van der Waals surface area (Å²) in [5, 5.41) is 9.61. The lowest BCUT2D eigenvalue weighted by Crippen LogP contribution is -2.47. The Morgan fingerprint density at radius 3 is 2.38 bits per heavy atom. The zero-order valence-corrected chi connectivity index (χ0v) is 9.72. The van der Waals surface area contributed by atoms with Crippen LogP contribution in [0.25, 0.3) is 0 Å². The third-order valence-electron chi connectivity index (χ3n) is 3.87. The minimum Gasteiger partial charge on any atom is -0.393 e. The molecular weight excluding hydrogens is 210 g/mol. The van der Waals surface area contributed by atoms with Crippen molar-refractivity contribution in [3.63, 3.8) is 0 Å². The lowest BCUT2D eigenvalue weighted by Gasteiger charge is -2.49. The van der Waals surface area contributed by atoms with Gasteiger partial charge in [0, 0.05) is 0 Å². The summed E-state index contributed by atoms with van der Waals surface area (Å²) in [6.07, 6.45) is 0.0770. The van der Waals surface area contributed by atoms with Crippen molar-refractivity contribution < 1.29 is 13.9 Å². The van der Waals surface area contributed by atoms with Crippen molar-refractivity contribution in [3.05, 3.63) is 34.9 Å². The van der Waals surface area contributed by atoms with Gasteiger partial charge in [-0.2, -0.15) is 0 Å². The minimum absolute atomic E-state index is 0.0994. The highest BCUT2D eigenvalue weighted by Crippen LogP contribution is 2.53. The van der Waals surface area contributed by atoms with E-state index in [0.717, 1.165) is 0 Å². The van der Waals surface area contributed by atoms with Crippen molar-refractivity contribution in [2.75, 3.05) is 0 Å². The number of hydrogen-bond donors (Lipinski definition) is 1. The van der Waals surface area contributed by atoms with Crippen LogP contribution in [0.4, 0.5) is 8.78 Å². The summed E-state index contributed by atoms with van der Waals surface area (Å²) in [5.41, 5.74) is 0.333. The van der Waals surface area contributed by atoms with Crippen LogP contribution in [0.15, 0.2) is 12.1 Å². The number of aliphatic hydroxyl groups excluding tert-OH is 1. The molecule has 1 aliphatic carbocycles. The molecule has 1 N–H and O–H groups in total. The third-order valence-corrected chi connectivity index (χ3v) is 3.87. The Morgan fingerprint density at radius 2 is 1.88 bits per heavy atom. The summed E-state index contributed by atoms with van der Waals surface area (Å²) in [6, 6.07) is 2.49. The topological polar surface area (TPSA) is 20.2 Å². The smallest absolute Gasteiger partial charge is 0.127 e. The van der Waals surface area contributed by atoms with Crippen LogP contribution in [0.2, 0.25) is 0 Å². The molecule has 0 amide bonds. The maximum absolute atomic E-state index is 13.7. The van der Waals surface area contributed by atoms with Gasteiger partial charge in [0.25, 0.3) is 0 Å². The van der Waals surface area contributed by atoms with Gasteiger partial charge in [0.1, 0.15) is 11.6 Å². The lowest BCUT2D eigenvalue weighted by molar-refractivity contribution is -0.0636. The van der Waals surface area contributed by atoms with Crippen LogP contribution in [-0.2, 0) is 0 Å². The molecule has 0 aromatic heterocycles. The molecule has 0 heterocycles. The highest BCUT2D eigenvalue weighted by Gasteiger charge is 2.48. The second-order valence-corrected chi connectivity index (χ2v) is 5.25. The Labute approximate surface area is 94.1 Å². The quantitative estimate of drug-likeness (QED) is 0.780. The summed E-state index contributed by atoms with van der Waals surface area (Å²) < 4.78 is 27.1. The molecule has 0 saturated heterocycles. The fourth-order valence-corrected chi connectivity index (χ4v) is 2.36. The van der Waals surface area contributed by atoms with E-state index < -0.39 is 6.10 Å². The van der Waals surface area contributed by atoms with E-state index in [1.165, 1.54) is 12.1 Å². The Hall–Kier alpha value is -0.960. The number of halogens is 2. The first-order valence-electron chi connectivity index (χ1n) is 5.47. The highest BCUT2D eigenvalue weighted by molar-refractivity contribution is 5.32. The van der Waals surface area contributed by atoms with E-state index in [0.29, 0.717) is 17.5 Å². The molecule has 1 fully saturated rings. The molecule has 1 aromatic rings. The van der Waals surface area contributed by atoms with E-state index in [9.17, 15) is 13.9 Å². The number of rotatable bonds is 1. The maximum Gasteiger partial charge on any atom is 0.127 e. The molecular formula is C13H16F2O. The second-order valence-electron chi connectivity index (χ2n) is 5.25. The molecule has 0 spiro atoms. The van der Waals surface area contributed by atoms with Gasteiger partial charge in [-0.05, 0) is 47.9 Å². The molecule has 88 valence electrons. The van der Waals surface area contributed by atoms with Crippen LogP contribution in [0, 0.1) is 24.0 Å². The van der Waals surface area contributed by atoms with Crippen molar-refractivity contribution in [3.8, 4) is 0 Å². The molecule has 1 aromatic carbocycles. The first-order valence-corrected chi connectivity index (χ1v) is 5.47. The number of aryl methyl sites for hydroxylation is 1. The zero-order chi connectivity index (χ0) is 12.1. The fourth-order valence-electron chi connectivity index (χ4n) is 2.36. The minimum atomic E-state index is -0.429. The summed E-state index contributed by atoms with van der Waals surface area (Å²) >= 11 is 0. The molecule has 0 aliphatic heterocycles. The van der Waals surface area contributed by atoms with Gasteiger partial charge in [-0.15, -0.1) is 0 Å². The molecule has 2 unspecified atom stereocenters. The van der Waals surface area contributed by atoms with Crippen molar-refractivity contribution >= 4 is 0 Å². The van der Waals surface area contributed by atoms with Crippen molar-refractivity contribution in [2.45, 2.75) is 39.2 Å². The van der Waals surface area contributed by atoms with E-state index in [1.807, 2.05) is 13.8 Å². The molecule has 0 radical (unpaired) electrons. The Morgan fingerprint density at radius 1 is 1.25 bits per heavy atom. The molecule has 0 bridgehead atoms. The fraction of sp³-hybridized carbons (Fsp3) is 0.538. The first kappa shape index (κ1) is 11.5. The maximum atomic E-state index is 13.7. The van der Waals surface area contributed by atoms with Gasteiger partial charge in [0.2, 0.25) is 0 Å². The van der Waals surface area contributed by atoms with Gasteiger partial charge in [-0.1, -0.05) is 13.8 Å². The van der Waals surface area contributed by atoms with E-state index in [1.54, 1.807) is 6.92 Å². The molecule has 2 rings (SSSR count). The van der Waals surface area contributed by atoms with E-state index in [2.05, 4.69) is 0 Å². The van der Waals surface area contributed by atoms with Crippen LogP contribution in [0.3, 0.4) is 0 Å². The van der Waals surface area contributed by atoms with Crippen LogP contribution in [-0.4, -0.2) is 11.2 Å². The Balaban J connectivity index is 2.39. The molecule has 1 aliphatic rings. The largest absolute Gasteiger partial charge is 0.393 e. The molecule has 3 heteroatoms. The van der Waals surface area contributed by atoms with Crippen molar-refractivity contribution in [2.24, 2.45) is 5.41 Å². The average Bonchev–Trinajstić information content (AvgIpc) is 2.20. The summed E-state index contributed by atoms with van der Waals surface area (Å²) in [5.74, 6) is -0.852. The Bertz CT molecular complexity index is 426.